The molecule has 1 fully saturated rings. The minimum Gasteiger partial charge on any atom is -0.324 e. The smallest absolute Gasteiger partial charge is 0.324 e. The molecule has 3 rings (SSSR count). The lowest BCUT2D eigenvalue weighted by molar-refractivity contribution is -0.121. The van der Waals surface area contributed by atoms with E-state index in [1.165, 1.54) is 17.8 Å². The van der Waals surface area contributed by atoms with E-state index in [0.717, 1.165) is 17.7 Å². The number of carbonyl (C=O) groups excluding carboxylic acids is 1. The van der Waals surface area contributed by atoms with E-state index in [2.05, 4.69) is 15.6 Å². The molecular weight excluding hydrogens is 369 g/mol. The fraction of sp³-hybridized carbons (Fsp3) is 0.467. The van der Waals surface area contributed by atoms with Crippen molar-refractivity contribution in [3.8, 4) is 0 Å². The standard InChI is InChI=1S/C15H19N5O3.2ClH/c1-8(9-5-16-6-9)13(21)18-10-4-11-12(17-7-10)19(2)15(23)20(3)14(11)22;;/h4,7-9,16H,5-6H2,1-3H3,(H,18,21);2*1H. The van der Waals surface area contributed by atoms with Gasteiger partial charge in [-0.05, 0) is 25.1 Å². The summed E-state index contributed by atoms with van der Waals surface area (Å²) < 4.78 is 2.34. The van der Waals surface area contributed by atoms with Crippen LogP contribution in [-0.2, 0) is 18.9 Å². The van der Waals surface area contributed by atoms with Crippen molar-refractivity contribution >= 4 is 47.4 Å². The first-order chi connectivity index (χ1) is 10.9. The number of rotatable bonds is 3. The van der Waals surface area contributed by atoms with Crippen LogP contribution in [0.2, 0.25) is 0 Å². The number of carbonyl (C=O) groups is 1. The first kappa shape index (κ1) is 21.1. The summed E-state index contributed by atoms with van der Waals surface area (Å²) in [5, 5.41) is 6.24. The van der Waals surface area contributed by atoms with Crippen LogP contribution < -0.4 is 21.9 Å². The highest BCUT2D eigenvalue weighted by Gasteiger charge is 2.28. The Morgan fingerprint density at radius 2 is 1.92 bits per heavy atom. The summed E-state index contributed by atoms with van der Waals surface area (Å²) >= 11 is 0. The molecule has 1 saturated heterocycles. The average Bonchev–Trinajstić information content (AvgIpc) is 2.49. The van der Waals surface area contributed by atoms with Gasteiger partial charge >= 0.3 is 5.69 Å². The molecule has 25 heavy (non-hydrogen) atoms. The molecule has 1 amide bonds. The molecule has 1 atom stereocenters. The Morgan fingerprint density at radius 3 is 2.48 bits per heavy atom. The maximum Gasteiger partial charge on any atom is 0.332 e. The van der Waals surface area contributed by atoms with Gasteiger partial charge in [0.1, 0.15) is 5.65 Å². The Morgan fingerprint density at radius 1 is 1.28 bits per heavy atom. The van der Waals surface area contributed by atoms with Crippen molar-refractivity contribution < 1.29 is 4.79 Å². The van der Waals surface area contributed by atoms with Gasteiger partial charge in [-0.25, -0.2) is 9.78 Å². The SMILES string of the molecule is CC(C(=O)Nc1cnc2c(c1)c(=O)n(C)c(=O)n2C)C1CNC1.Cl.Cl. The van der Waals surface area contributed by atoms with E-state index >= 15 is 0 Å². The van der Waals surface area contributed by atoms with Crippen LogP contribution in [-0.4, -0.2) is 33.1 Å². The Labute approximate surface area is 156 Å². The maximum atomic E-state index is 12.3. The number of hydrogen-bond acceptors (Lipinski definition) is 5. The Balaban J connectivity index is 0.00000156. The Hall–Kier alpha value is -1.90. The van der Waals surface area contributed by atoms with Crippen molar-refractivity contribution in [2.24, 2.45) is 25.9 Å². The molecule has 0 aromatic carbocycles. The van der Waals surface area contributed by atoms with Gasteiger partial charge in [0, 0.05) is 20.0 Å². The zero-order valence-electron chi connectivity index (χ0n) is 14.1. The van der Waals surface area contributed by atoms with E-state index in [4.69, 9.17) is 0 Å². The van der Waals surface area contributed by atoms with Gasteiger partial charge in [0.05, 0.1) is 17.3 Å². The van der Waals surface area contributed by atoms with Gasteiger partial charge < -0.3 is 10.6 Å². The molecular formula is C15H21Cl2N5O3. The number of amides is 1. The molecule has 3 heterocycles. The second kappa shape index (κ2) is 7.99. The van der Waals surface area contributed by atoms with E-state index in [9.17, 15) is 14.4 Å². The van der Waals surface area contributed by atoms with E-state index < -0.39 is 11.2 Å². The third-order valence-electron chi connectivity index (χ3n) is 4.49. The fourth-order valence-corrected chi connectivity index (χ4v) is 2.67. The van der Waals surface area contributed by atoms with Gasteiger partial charge in [-0.1, -0.05) is 6.92 Å². The lowest BCUT2D eigenvalue weighted by Gasteiger charge is -2.31. The summed E-state index contributed by atoms with van der Waals surface area (Å²) in [7, 11) is 2.97. The number of nitrogens with zero attached hydrogens (tertiary/aromatic N) is 3. The van der Waals surface area contributed by atoms with E-state index in [1.807, 2.05) is 6.92 Å². The summed E-state index contributed by atoms with van der Waals surface area (Å²) in [5.41, 5.74) is -0.106. The van der Waals surface area contributed by atoms with E-state index in [1.54, 1.807) is 13.1 Å². The lowest BCUT2D eigenvalue weighted by atomic mass is 9.88. The molecule has 8 nitrogen and oxygen atoms in total. The molecule has 2 aromatic heterocycles. The molecule has 0 spiro atoms. The highest BCUT2D eigenvalue weighted by Crippen LogP contribution is 2.19. The molecule has 0 bridgehead atoms. The van der Waals surface area contributed by atoms with Crippen molar-refractivity contribution in [3.63, 3.8) is 0 Å². The minimum atomic E-state index is -0.433. The molecule has 0 saturated carbocycles. The average molecular weight is 390 g/mol. The normalized spacial score (nSPS) is 14.8. The summed E-state index contributed by atoms with van der Waals surface area (Å²) in [6.07, 6.45) is 1.46. The number of pyridine rings is 1. The highest BCUT2D eigenvalue weighted by atomic mass is 35.5. The van der Waals surface area contributed by atoms with E-state index in [-0.39, 0.29) is 36.6 Å². The van der Waals surface area contributed by atoms with Crippen LogP contribution in [0.1, 0.15) is 6.92 Å². The number of nitrogens with one attached hydrogen (secondary N) is 2. The van der Waals surface area contributed by atoms with Crippen LogP contribution in [0, 0.1) is 11.8 Å². The molecule has 0 aliphatic carbocycles. The summed E-state index contributed by atoms with van der Waals surface area (Å²) in [5.74, 6) is 0.117. The largest absolute Gasteiger partial charge is 0.332 e. The second-order valence-electron chi connectivity index (χ2n) is 6.00. The highest BCUT2D eigenvalue weighted by molar-refractivity contribution is 5.94. The molecule has 1 aliphatic rings. The third-order valence-corrected chi connectivity index (χ3v) is 4.49. The summed E-state index contributed by atoms with van der Waals surface area (Å²) in [6, 6.07) is 1.56. The second-order valence-corrected chi connectivity index (χ2v) is 6.00. The number of fused-ring (bicyclic) bond motifs is 1. The van der Waals surface area contributed by atoms with Crippen LogP contribution >= 0.6 is 24.8 Å². The topological polar surface area (TPSA) is 98.0 Å². The molecule has 138 valence electrons. The number of hydrogen-bond donors (Lipinski definition) is 2. The number of anilines is 1. The monoisotopic (exact) mass is 389 g/mol. The summed E-state index contributed by atoms with van der Waals surface area (Å²) in [4.78, 5) is 40.5. The van der Waals surface area contributed by atoms with Crippen molar-refractivity contribution in [2.75, 3.05) is 18.4 Å². The lowest BCUT2D eigenvalue weighted by Crippen LogP contribution is -2.48. The predicted octanol–water partition coefficient (Wildman–Crippen LogP) is 0.270. The van der Waals surface area contributed by atoms with Crippen LogP contribution in [0.5, 0.6) is 0 Å². The summed E-state index contributed by atoms with van der Waals surface area (Å²) in [6.45, 7) is 3.57. The van der Waals surface area contributed by atoms with Crippen LogP contribution in [0.25, 0.3) is 11.0 Å². The molecule has 1 aliphatic heterocycles. The predicted molar refractivity (Wildman–Crippen MR) is 101 cm³/mol. The van der Waals surface area contributed by atoms with E-state index in [0.29, 0.717) is 22.6 Å². The van der Waals surface area contributed by atoms with Gasteiger partial charge in [-0.15, -0.1) is 24.8 Å². The van der Waals surface area contributed by atoms with Crippen LogP contribution in [0.3, 0.4) is 0 Å². The maximum absolute atomic E-state index is 12.3. The first-order valence-corrected chi connectivity index (χ1v) is 7.47. The minimum absolute atomic E-state index is 0. The van der Waals surface area contributed by atoms with Gasteiger partial charge in [0.2, 0.25) is 5.91 Å². The molecule has 1 unspecified atom stereocenters. The number of aromatic nitrogens is 3. The van der Waals surface area contributed by atoms with Crippen molar-refractivity contribution in [1.82, 2.24) is 19.4 Å². The van der Waals surface area contributed by atoms with Crippen molar-refractivity contribution in [1.29, 1.82) is 0 Å². The molecule has 2 aromatic rings. The third kappa shape index (κ3) is 3.70. The molecule has 2 N–H and O–H groups in total. The first-order valence-electron chi connectivity index (χ1n) is 7.47. The van der Waals surface area contributed by atoms with Gasteiger partial charge in [0.25, 0.3) is 5.56 Å². The quantitative estimate of drug-likeness (QED) is 0.784. The molecule has 10 heteroatoms. The van der Waals surface area contributed by atoms with Crippen molar-refractivity contribution in [2.45, 2.75) is 6.92 Å². The van der Waals surface area contributed by atoms with Gasteiger partial charge in [-0.2, -0.15) is 0 Å². The Kier molecular flexibility index (Phi) is 6.75. The Bertz CT molecular complexity index is 904. The molecule has 0 radical (unpaired) electrons. The van der Waals surface area contributed by atoms with Crippen LogP contribution in [0.15, 0.2) is 21.9 Å². The van der Waals surface area contributed by atoms with Crippen molar-refractivity contribution in [3.05, 3.63) is 33.1 Å². The zero-order chi connectivity index (χ0) is 16.7. The number of aryl methyl sites for hydroxylation is 1. The van der Waals surface area contributed by atoms with Crippen LogP contribution in [0.4, 0.5) is 5.69 Å². The fourth-order valence-electron chi connectivity index (χ4n) is 2.67. The number of halogens is 2. The van der Waals surface area contributed by atoms with Gasteiger partial charge in [0.15, 0.2) is 0 Å². The van der Waals surface area contributed by atoms with Gasteiger partial charge in [-0.3, -0.25) is 18.7 Å². The zero-order valence-corrected chi connectivity index (χ0v) is 15.7.